The third kappa shape index (κ3) is 3.29. The van der Waals surface area contributed by atoms with E-state index in [-0.39, 0.29) is 27.8 Å². The van der Waals surface area contributed by atoms with Crippen LogP contribution in [0.15, 0.2) is 36.4 Å². The Morgan fingerprint density at radius 1 is 1.29 bits per heavy atom. The van der Waals surface area contributed by atoms with Crippen molar-refractivity contribution in [1.29, 1.82) is 0 Å². The average Bonchev–Trinajstić information content (AvgIpc) is 2.42. The third-order valence-electron chi connectivity index (χ3n) is 2.71. The van der Waals surface area contributed by atoms with Crippen molar-refractivity contribution in [3.05, 3.63) is 62.7 Å². The van der Waals surface area contributed by atoms with Gasteiger partial charge >= 0.3 is 11.7 Å². The van der Waals surface area contributed by atoms with Crippen LogP contribution in [0.5, 0.6) is 11.5 Å². The Labute approximate surface area is 124 Å². The quantitative estimate of drug-likeness (QED) is 0.680. The summed E-state index contributed by atoms with van der Waals surface area (Å²) in [6, 6.07) is 8.52. The van der Waals surface area contributed by atoms with Crippen molar-refractivity contribution in [2.24, 2.45) is 0 Å². The first-order valence-corrected chi connectivity index (χ1v) is 6.22. The van der Waals surface area contributed by atoms with E-state index >= 15 is 0 Å². The molecule has 2 aromatic carbocycles. The second-order valence-corrected chi connectivity index (χ2v) is 4.68. The van der Waals surface area contributed by atoms with Crippen molar-refractivity contribution in [2.75, 3.05) is 0 Å². The van der Waals surface area contributed by atoms with Gasteiger partial charge in [0.05, 0.1) is 15.5 Å². The number of hydrogen-bond acceptors (Lipinski definition) is 4. The molecule has 0 unspecified atom stereocenters. The molecular weight excluding hydrogens is 298 g/mol. The van der Waals surface area contributed by atoms with Crippen LogP contribution in [0.2, 0.25) is 5.02 Å². The number of nitro benzene ring substituents is 1. The molecular formula is C14H10ClNO5. The topological polar surface area (TPSA) is 89.7 Å². The van der Waals surface area contributed by atoms with E-state index in [4.69, 9.17) is 21.4 Å². The normalized spacial score (nSPS) is 10.2. The molecule has 0 aliphatic heterocycles. The van der Waals surface area contributed by atoms with Gasteiger partial charge in [-0.15, -0.1) is 0 Å². The highest BCUT2D eigenvalue weighted by molar-refractivity contribution is 6.33. The summed E-state index contributed by atoms with van der Waals surface area (Å²) in [7, 11) is 0. The Kier molecular flexibility index (Phi) is 4.09. The zero-order chi connectivity index (χ0) is 15.6. The minimum atomic E-state index is -1.20. The van der Waals surface area contributed by atoms with Gasteiger partial charge in [-0.2, -0.15) is 0 Å². The first-order valence-electron chi connectivity index (χ1n) is 5.84. The number of aryl methyl sites for hydroxylation is 1. The molecule has 0 aliphatic rings. The van der Waals surface area contributed by atoms with Crippen LogP contribution < -0.4 is 4.74 Å². The molecule has 0 aliphatic carbocycles. The maximum Gasteiger partial charge on any atom is 0.337 e. The first-order chi connectivity index (χ1) is 9.88. The zero-order valence-electron chi connectivity index (χ0n) is 10.9. The van der Waals surface area contributed by atoms with E-state index in [2.05, 4.69) is 0 Å². The summed E-state index contributed by atoms with van der Waals surface area (Å²) in [6.45, 7) is 1.72. The predicted molar refractivity (Wildman–Crippen MR) is 76.3 cm³/mol. The molecule has 0 atom stereocenters. The van der Waals surface area contributed by atoms with Crippen LogP contribution in [0.1, 0.15) is 15.9 Å². The summed E-state index contributed by atoms with van der Waals surface area (Å²) in [5.41, 5.74) is 0.391. The molecule has 6 nitrogen and oxygen atoms in total. The maximum absolute atomic E-state index is 11.0. The monoisotopic (exact) mass is 307 g/mol. The molecule has 1 N–H and O–H groups in total. The molecule has 108 valence electrons. The van der Waals surface area contributed by atoms with Gasteiger partial charge in [0.1, 0.15) is 5.75 Å². The van der Waals surface area contributed by atoms with E-state index in [0.717, 1.165) is 5.56 Å². The van der Waals surface area contributed by atoms with E-state index in [9.17, 15) is 14.9 Å². The molecule has 0 saturated heterocycles. The third-order valence-corrected chi connectivity index (χ3v) is 3.04. The Balaban J connectivity index is 2.41. The van der Waals surface area contributed by atoms with Gasteiger partial charge in [0.2, 0.25) is 5.75 Å². The lowest BCUT2D eigenvalue weighted by Gasteiger charge is -2.08. The Bertz CT molecular complexity index is 729. The van der Waals surface area contributed by atoms with Gasteiger partial charge in [-0.1, -0.05) is 17.7 Å². The fourth-order valence-electron chi connectivity index (χ4n) is 1.72. The molecule has 0 saturated carbocycles. The van der Waals surface area contributed by atoms with Gasteiger partial charge in [0.25, 0.3) is 0 Å². The van der Waals surface area contributed by atoms with Crippen LogP contribution in [-0.2, 0) is 0 Å². The number of hydrogen-bond donors (Lipinski definition) is 1. The smallest absolute Gasteiger partial charge is 0.337 e. The number of ether oxygens (including phenoxy) is 1. The van der Waals surface area contributed by atoms with E-state index < -0.39 is 10.9 Å². The number of benzene rings is 2. The van der Waals surface area contributed by atoms with Gasteiger partial charge in [0, 0.05) is 6.07 Å². The average molecular weight is 308 g/mol. The van der Waals surface area contributed by atoms with Crippen molar-refractivity contribution in [3.8, 4) is 11.5 Å². The van der Waals surface area contributed by atoms with E-state index in [0.29, 0.717) is 0 Å². The minimum Gasteiger partial charge on any atom is -0.478 e. The van der Waals surface area contributed by atoms with Gasteiger partial charge in [-0.25, -0.2) is 4.79 Å². The molecule has 7 heteroatoms. The fourth-order valence-corrected chi connectivity index (χ4v) is 1.91. The SMILES string of the molecule is Cc1ccc(Oc2ccc(Cl)c(C(=O)O)c2)c([N+](=O)[O-])c1. The number of halogens is 1. The summed E-state index contributed by atoms with van der Waals surface area (Å²) in [4.78, 5) is 21.4. The maximum atomic E-state index is 11.0. The molecule has 0 heterocycles. The van der Waals surface area contributed by atoms with Gasteiger partial charge in [0.15, 0.2) is 0 Å². The Morgan fingerprint density at radius 2 is 2.00 bits per heavy atom. The second-order valence-electron chi connectivity index (χ2n) is 4.28. The molecule has 0 fully saturated rings. The van der Waals surface area contributed by atoms with Gasteiger partial charge < -0.3 is 9.84 Å². The van der Waals surface area contributed by atoms with E-state index in [1.54, 1.807) is 13.0 Å². The van der Waals surface area contributed by atoms with Crippen molar-refractivity contribution >= 4 is 23.3 Å². The van der Waals surface area contributed by atoms with E-state index in [1.165, 1.54) is 30.3 Å². The first kappa shape index (κ1) is 14.8. The number of nitrogens with zero attached hydrogens (tertiary/aromatic N) is 1. The highest BCUT2D eigenvalue weighted by atomic mass is 35.5. The van der Waals surface area contributed by atoms with Crippen molar-refractivity contribution in [1.82, 2.24) is 0 Å². The minimum absolute atomic E-state index is 0.0317. The standard InChI is InChI=1S/C14H10ClNO5/c1-8-2-5-13(12(6-8)16(19)20)21-9-3-4-11(15)10(7-9)14(17)18/h2-7H,1H3,(H,17,18). The van der Waals surface area contributed by atoms with Crippen LogP contribution in [0.4, 0.5) is 5.69 Å². The summed E-state index contributed by atoms with van der Waals surface area (Å²) < 4.78 is 5.41. The second kappa shape index (κ2) is 5.80. The number of carboxylic acids is 1. The molecule has 0 spiro atoms. The molecule has 2 rings (SSSR count). The summed E-state index contributed by atoms with van der Waals surface area (Å²) >= 11 is 5.75. The highest BCUT2D eigenvalue weighted by Gasteiger charge is 2.17. The molecule has 0 radical (unpaired) electrons. The summed E-state index contributed by atoms with van der Waals surface area (Å²) in [6.07, 6.45) is 0. The highest BCUT2D eigenvalue weighted by Crippen LogP contribution is 2.33. The van der Waals surface area contributed by atoms with Crippen LogP contribution in [0.3, 0.4) is 0 Å². The largest absolute Gasteiger partial charge is 0.478 e. The lowest BCUT2D eigenvalue weighted by Crippen LogP contribution is -1.99. The van der Waals surface area contributed by atoms with Crippen LogP contribution in [0.25, 0.3) is 0 Å². The van der Waals surface area contributed by atoms with Crippen LogP contribution in [0, 0.1) is 17.0 Å². The van der Waals surface area contributed by atoms with Gasteiger partial charge in [-0.05, 0) is 36.8 Å². The van der Waals surface area contributed by atoms with Crippen molar-refractivity contribution in [3.63, 3.8) is 0 Å². The number of aromatic carboxylic acids is 1. The predicted octanol–water partition coefficient (Wildman–Crippen LogP) is 4.05. The molecule has 0 aromatic heterocycles. The lowest BCUT2D eigenvalue weighted by molar-refractivity contribution is -0.385. The van der Waals surface area contributed by atoms with Gasteiger partial charge in [-0.3, -0.25) is 10.1 Å². The number of nitro groups is 1. The Morgan fingerprint density at radius 3 is 2.62 bits per heavy atom. The number of carboxylic acid groups (broad SMARTS) is 1. The van der Waals surface area contributed by atoms with E-state index in [1.807, 2.05) is 0 Å². The number of carbonyl (C=O) groups is 1. The summed E-state index contributed by atoms with van der Waals surface area (Å²) in [5.74, 6) is -1.02. The fraction of sp³-hybridized carbons (Fsp3) is 0.0714. The van der Waals surface area contributed by atoms with Crippen molar-refractivity contribution in [2.45, 2.75) is 6.92 Å². The molecule has 21 heavy (non-hydrogen) atoms. The molecule has 0 amide bonds. The lowest BCUT2D eigenvalue weighted by atomic mass is 10.2. The van der Waals surface area contributed by atoms with Crippen LogP contribution >= 0.6 is 11.6 Å². The van der Waals surface area contributed by atoms with Crippen molar-refractivity contribution < 1.29 is 19.6 Å². The molecule has 0 bridgehead atoms. The Hall–Kier alpha value is -2.60. The van der Waals surface area contributed by atoms with Crippen LogP contribution in [-0.4, -0.2) is 16.0 Å². The zero-order valence-corrected chi connectivity index (χ0v) is 11.6. The summed E-state index contributed by atoms with van der Waals surface area (Å²) in [5, 5.41) is 20.1. The number of rotatable bonds is 4. The molecule has 2 aromatic rings.